The van der Waals surface area contributed by atoms with Gasteiger partial charge in [-0.1, -0.05) is 30.3 Å². The van der Waals surface area contributed by atoms with Crippen molar-refractivity contribution in [3.63, 3.8) is 0 Å². The molecule has 12 heteroatoms. The Hall–Kier alpha value is -2.28. The van der Waals surface area contributed by atoms with Crippen LogP contribution in [-0.2, 0) is 25.6 Å². The van der Waals surface area contributed by atoms with Crippen molar-refractivity contribution in [1.29, 1.82) is 0 Å². The summed E-state index contributed by atoms with van der Waals surface area (Å²) < 4.78 is 0. The summed E-state index contributed by atoms with van der Waals surface area (Å²) in [6, 6.07) is 4.34. The van der Waals surface area contributed by atoms with Crippen molar-refractivity contribution in [2.45, 2.75) is 37.0 Å². The van der Waals surface area contributed by atoms with Crippen molar-refractivity contribution in [2.75, 3.05) is 24.4 Å². The topological polar surface area (TPSA) is 171 Å². The average Bonchev–Trinajstić information content (AvgIpc) is 2.79. The molecule has 0 aliphatic heterocycles. The summed E-state index contributed by atoms with van der Waals surface area (Å²) in [6.07, 6.45) is 2.23. The Morgan fingerprint density at radius 1 is 1.00 bits per heavy atom. The molecule has 0 saturated heterocycles. The number of carbonyl (C=O) groups is 4. The van der Waals surface area contributed by atoms with E-state index < -0.39 is 54.5 Å². The first kappa shape index (κ1) is 27.8. The molecule has 0 aliphatic rings. The summed E-state index contributed by atoms with van der Waals surface area (Å²) in [6.45, 7) is -0.804. The van der Waals surface area contributed by atoms with E-state index in [2.05, 4.69) is 28.6 Å². The first-order valence-electron chi connectivity index (χ1n) is 9.87. The number of hydrogen-bond acceptors (Lipinski definition) is 8. The van der Waals surface area contributed by atoms with Gasteiger partial charge in [0.25, 0.3) is 0 Å². The summed E-state index contributed by atoms with van der Waals surface area (Å²) in [5, 5.41) is 25.7. The third kappa shape index (κ3) is 9.47. The van der Waals surface area contributed by atoms with Crippen LogP contribution in [0.25, 0.3) is 0 Å². The van der Waals surface area contributed by atoms with Crippen LogP contribution in [0.2, 0.25) is 0 Å². The molecule has 4 unspecified atom stereocenters. The fraction of sp³-hybridized carbons (Fsp3) is 0.500. The number of nitrogens with two attached hydrogens (primary N) is 1. The number of carboxylic acids is 1. The SMILES string of the molecule is CSCCC(NC(=O)C(N)CS)C(=O)NC(Cc1ccccc1)C(=O)NC(CO)C(=O)O. The smallest absolute Gasteiger partial charge is 0.328 e. The van der Waals surface area contributed by atoms with Crippen LogP contribution in [0.5, 0.6) is 0 Å². The lowest BCUT2D eigenvalue weighted by Crippen LogP contribution is -2.58. The van der Waals surface area contributed by atoms with E-state index in [0.717, 1.165) is 5.56 Å². The van der Waals surface area contributed by atoms with Gasteiger partial charge in [-0.05, 0) is 24.0 Å². The molecule has 0 aromatic heterocycles. The van der Waals surface area contributed by atoms with Crippen LogP contribution in [0.3, 0.4) is 0 Å². The van der Waals surface area contributed by atoms with Crippen LogP contribution in [0.4, 0.5) is 0 Å². The maximum atomic E-state index is 12.9. The number of rotatable bonds is 14. The molecule has 4 atom stereocenters. The van der Waals surface area contributed by atoms with E-state index >= 15 is 0 Å². The number of benzene rings is 1. The van der Waals surface area contributed by atoms with Gasteiger partial charge in [0.05, 0.1) is 12.6 Å². The fourth-order valence-electron chi connectivity index (χ4n) is 2.66. The monoisotopic (exact) mass is 486 g/mol. The zero-order valence-electron chi connectivity index (χ0n) is 17.7. The van der Waals surface area contributed by atoms with Crippen LogP contribution in [0.1, 0.15) is 12.0 Å². The number of thioether (sulfide) groups is 1. The van der Waals surface area contributed by atoms with Crippen molar-refractivity contribution in [3.8, 4) is 0 Å². The van der Waals surface area contributed by atoms with Gasteiger partial charge in [-0.15, -0.1) is 0 Å². The van der Waals surface area contributed by atoms with E-state index in [-0.39, 0.29) is 12.2 Å². The van der Waals surface area contributed by atoms with E-state index in [1.54, 1.807) is 30.3 Å². The minimum absolute atomic E-state index is 0.0789. The fourth-order valence-corrected chi connectivity index (χ4v) is 3.29. The van der Waals surface area contributed by atoms with Gasteiger partial charge < -0.3 is 31.9 Å². The highest BCUT2D eigenvalue weighted by Gasteiger charge is 2.30. The molecule has 1 aromatic carbocycles. The highest BCUT2D eigenvalue weighted by atomic mass is 32.2. The van der Waals surface area contributed by atoms with Crippen LogP contribution in [-0.4, -0.2) is 82.4 Å². The molecule has 1 rings (SSSR count). The van der Waals surface area contributed by atoms with Crippen molar-refractivity contribution in [1.82, 2.24) is 16.0 Å². The van der Waals surface area contributed by atoms with Gasteiger partial charge in [0.2, 0.25) is 17.7 Å². The van der Waals surface area contributed by atoms with Gasteiger partial charge in [0.15, 0.2) is 0 Å². The average molecular weight is 487 g/mol. The highest BCUT2D eigenvalue weighted by Crippen LogP contribution is 2.07. The molecule has 7 N–H and O–H groups in total. The molecular formula is C20H30N4O6S2. The van der Waals surface area contributed by atoms with Crippen LogP contribution in [0, 0.1) is 0 Å². The molecule has 10 nitrogen and oxygen atoms in total. The summed E-state index contributed by atoms with van der Waals surface area (Å²) in [5.74, 6) is -2.67. The first-order chi connectivity index (χ1) is 15.2. The maximum Gasteiger partial charge on any atom is 0.328 e. The molecule has 32 heavy (non-hydrogen) atoms. The van der Waals surface area contributed by atoms with Crippen molar-refractivity contribution in [2.24, 2.45) is 5.73 Å². The second-order valence-corrected chi connectivity index (χ2v) is 8.32. The second-order valence-electron chi connectivity index (χ2n) is 6.96. The molecule has 0 heterocycles. The molecule has 1 aromatic rings. The predicted octanol–water partition coefficient (Wildman–Crippen LogP) is -1.23. The molecule has 0 saturated carbocycles. The van der Waals surface area contributed by atoms with Crippen LogP contribution >= 0.6 is 24.4 Å². The van der Waals surface area contributed by atoms with Gasteiger partial charge in [-0.3, -0.25) is 14.4 Å². The van der Waals surface area contributed by atoms with E-state index in [1.165, 1.54) is 11.8 Å². The van der Waals surface area contributed by atoms with E-state index in [1.807, 2.05) is 6.26 Å². The number of aliphatic hydroxyl groups excluding tert-OH is 1. The van der Waals surface area contributed by atoms with E-state index in [4.69, 9.17) is 10.8 Å². The quantitative estimate of drug-likeness (QED) is 0.160. The Morgan fingerprint density at radius 3 is 2.09 bits per heavy atom. The third-order valence-corrected chi connectivity index (χ3v) is 5.53. The standard InChI is InChI=1S/C20H30N4O6S2/c1-32-8-7-14(22-17(26)13(21)11-31)18(27)23-15(9-12-5-3-2-4-6-12)19(28)24-16(10-25)20(29)30/h2-6,13-16,25,31H,7-11,21H2,1H3,(H,22,26)(H,23,27)(H,24,28)(H,29,30). The molecule has 0 bridgehead atoms. The molecule has 0 spiro atoms. The highest BCUT2D eigenvalue weighted by molar-refractivity contribution is 7.98. The van der Waals surface area contributed by atoms with Gasteiger partial charge >= 0.3 is 5.97 Å². The number of carbonyl (C=O) groups excluding carboxylic acids is 3. The van der Waals surface area contributed by atoms with Gasteiger partial charge in [0.1, 0.15) is 18.1 Å². The van der Waals surface area contributed by atoms with Gasteiger partial charge in [-0.25, -0.2) is 4.79 Å². The maximum absolute atomic E-state index is 12.9. The molecule has 3 amide bonds. The van der Waals surface area contributed by atoms with Gasteiger partial charge in [0, 0.05) is 12.2 Å². The zero-order valence-corrected chi connectivity index (χ0v) is 19.4. The Balaban J connectivity index is 3.04. The number of amides is 3. The number of nitrogens with one attached hydrogen (secondary N) is 3. The minimum Gasteiger partial charge on any atom is -0.480 e. The largest absolute Gasteiger partial charge is 0.480 e. The molecule has 0 fully saturated rings. The molecule has 0 aliphatic carbocycles. The Labute approximate surface area is 196 Å². The van der Waals surface area contributed by atoms with Crippen molar-refractivity contribution < 1.29 is 29.4 Å². The number of hydrogen-bond donors (Lipinski definition) is 7. The van der Waals surface area contributed by atoms with Crippen molar-refractivity contribution in [3.05, 3.63) is 35.9 Å². The lowest BCUT2D eigenvalue weighted by Gasteiger charge is -2.25. The second kappa shape index (κ2) is 14.7. The van der Waals surface area contributed by atoms with Gasteiger partial charge in [-0.2, -0.15) is 24.4 Å². The minimum atomic E-state index is -1.52. The Morgan fingerprint density at radius 2 is 1.56 bits per heavy atom. The van der Waals surface area contributed by atoms with Crippen LogP contribution in [0.15, 0.2) is 30.3 Å². The lowest BCUT2D eigenvalue weighted by molar-refractivity contribution is -0.143. The third-order valence-electron chi connectivity index (χ3n) is 4.49. The van der Waals surface area contributed by atoms with E-state index in [9.17, 15) is 24.3 Å². The summed E-state index contributed by atoms with van der Waals surface area (Å²) in [4.78, 5) is 49.1. The van der Waals surface area contributed by atoms with Crippen LogP contribution < -0.4 is 21.7 Å². The van der Waals surface area contributed by atoms with Crippen molar-refractivity contribution >= 4 is 48.1 Å². The first-order valence-corrected chi connectivity index (χ1v) is 11.9. The number of carboxylic acid groups (broad SMARTS) is 1. The summed E-state index contributed by atoms with van der Waals surface area (Å²) in [7, 11) is 0. The Bertz CT molecular complexity index is 768. The molecular weight excluding hydrogens is 456 g/mol. The molecule has 178 valence electrons. The number of aliphatic carboxylic acids is 1. The Kier molecular flexibility index (Phi) is 12.8. The zero-order chi connectivity index (χ0) is 24.1. The molecule has 0 radical (unpaired) electrons. The van der Waals surface area contributed by atoms with E-state index in [0.29, 0.717) is 12.2 Å². The number of thiol groups is 1. The predicted molar refractivity (Wildman–Crippen MR) is 125 cm³/mol. The summed E-state index contributed by atoms with van der Waals surface area (Å²) >= 11 is 5.46. The summed E-state index contributed by atoms with van der Waals surface area (Å²) in [5.41, 5.74) is 6.40. The lowest BCUT2D eigenvalue weighted by atomic mass is 10.0. The number of aliphatic hydroxyl groups is 1. The normalized spacial score (nSPS) is 14.5.